The molecule has 3 rings (SSSR count). The van der Waals surface area contributed by atoms with E-state index in [2.05, 4.69) is 20.8 Å². The zero-order valence-electron chi connectivity index (χ0n) is 14.1. The molecule has 7 heteroatoms. The van der Waals surface area contributed by atoms with Gasteiger partial charge in [-0.3, -0.25) is 4.79 Å². The molecule has 0 saturated heterocycles. The Morgan fingerprint density at radius 2 is 1.92 bits per heavy atom. The molecule has 0 aliphatic rings. The van der Waals surface area contributed by atoms with Gasteiger partial charge < -0.3 is 5.32 Å². The highest BCUT2D eigenvalue weighted by atomic mass is 32.2. The van der Waals surface area contributed by atoms with Gasteiger partial charge in [0.05, 0.1) is 5.69 Å². The SMILES string of the molecule is Cc1cccc(NC(=O)CCSc2nnnn2-c2ccccc2)c1C. The Kier molecular flexibility index (Phi) is 5.45. The van der Waals surface area contributed by atoms with Crippen molar-refractivity contribution in [2.75, 3.05) is 11.1 Å². The van der Waals surface area contributed by atoms with E-state index < -0.39 is 0 Å². The fourth-order valence-corrected chi connectivity index (χ4v) is 3.16. The molecule has 0 aliphatic carbocycles. The Morgan fingerprint density at radius 1 is 1.12 bits per heavy atom. The molecule has 0 saturated carbocycles. The van der Waals surface area contributed by atoms with Crippen molar-refractivity contribution >= 4 is 23.4 Å². The fourth-order valence-electron chi connectivity index (χ4n) is 2.33. The first kappa shape index (κ1) is 17.2. The standard InChI is InChI=1S/C18H19N5OS/c1-13-7-6-10-16(14(13)2)19-17(24)11-12-25-18-20-21-22-23(18)15-8-4-3-5-9-15/h3-10H,11-12H2,1-2H3,(H,19,24). The van der Waals surface area contributed by atoms with Crippen LogP contribution in [0, 0.1) is 13.8 Å². The number of carbonyl (C=O) groups excluding carboxylic acids is 1. The lowest BCUT2D eigenvalue weighted by Crippen LogP contribution is -2.13. The molecule has 1 heterocycles. The van der Waals surface area contributed by atoms with Gasteiger partial charge in [0.15, 0.2) is 0 Å². The molecule has 0 spiro atoms. The molecule has 0 fully saturated rings. The number of thioether (sulfide) groups is 1. The normalized spacial score (nSPS) is 10.6. The Balaban J connectivity index is 1.56. The van der Waals surface area contributed by atoms with Crippen LogP contribution in [0.4, 0.5) is 5.69 Å². The number of aryl methyl sites for hydroxylation is 1. The van der Waals surface area contributed by atoms with E-state index in [1.165, 1.54) is 11.8 Å². The lowest BCUT2D eigenvalue weighted by atomic mass is 10.1. The molecular weight excluding hydrogens is 334 g/mol. The average molecular weight is 353 g/mol. The summed E-state index contributed by atoms with van der Waals surface area (Å²) in [5.41, 5.74) is 4.02. The quantitative estimate of drug-likeness (QED) is 0.688. The second-order valence-corrected chi connectivity index (χ2v) is 6.66. The van der Waals surface area contributed by atoms with Gasteiger partial charge in [-0.2, -0.15) is 4.68 Å². The zero-order chi connectivity index (χ0) is 17.6. The largest absolute Gasteiger partial charge is 0.326 e. The zero-order valence-corrected chi connectivity index (χ0v) is 15.0. The number of amides is 1. The summed E-state index contributed by atoms with van der Waals surface area (Å²) in [6, 6.07) is 15.6. The van der Waals surface area contributed by atoms with Crippen LogP contribution in [0.2, 0.25) is 0 Å². The molecule has 0 unspecified atom stereocenters. The Bertz CT molecular complexity index is 863. The van der Waals surface area contributed by atoms with Crippen LogP contribution in [0.25, 0.3) is 5.69 Å². The van der Waals surface area contributed by atoms with E-state index >= 15 is 0 Å². The van der Waals surface area contributed by atoms with E-state index in [0.717, 1.165) is 22.5 Å². The summed E-state index contributed by atoms with van der Waals surface area (Å²) < 4.78 is 1.67. The minimum Gasteiger partial charge on any atom is -0.326 e. The van der Waals surface area contributed by atoms with E-state index in [-0.39, 0.29) is 5.91 Å². The summed E-state index contributed by atoms with van der Waals surface area (Å²) >= 11 is 1.46. The van der Waals surface area contributed by atoms with Crippen molar-refractivity contribution in [1.82, 2.24) is 20.2 Å². The minimum atomic E-state index is -0.0139. The third-order valence-electron chi connectivity index (χ3n) is 3.88. The van der Waals surface area contributed by atoms with Gasteiger partial charge in [-0.1, -0.05) is 42.1 Å². The summed E-state index contributed by atoms with van der Waals surface area (Å²) in [7, 11) is 0. The molecule has 0 radical (unpaired) electrons. The molecule has 1 amide bonds. The molecule has 6 nitrogen and oxygen atoms in total. The van der Waals surface area contributed by atoms with Crippen LogP contribution < -0.4 is 5.32 Å². The Labute approximate surface area is 150 Å². The van der Waals surface area contributed by atoms with Crippen molar-refractivity contribution in [1.29, 1.82) is 0 Å². The van der Waals surface area contributed by atoms with Crippen molar-refractivity contribution in [3.05, 3.63) is 59.7 Å². The first-order valence-electron chi connectivity index (χ1n) is 7.98. The summed E-state index contributed by atoms with van der Waals surface area (Å²) in [4.78, 5) is 12.2. The van der Waals surface area contributed by atoms with Gasteiger partial charge in [0.2, 0.25) is 11.1 Å². The number of carbonyl (C=O) groups is 1. The van der Waals surface area contributed by atoms with E-state index in [4.69, 9.17) is 0 Å². The summed E-state index contributed by atoms with van der Waals surface area (Å²) in [6.07, 6.45) is 0.389. The van der Waals surface area contributed by atoms with E-state index in [9.17, 15) is 4.79 Å². The summed E-state index contributed by atoms with van der Waals surface area (Å²) in [5.74, 6) is 0.587. The monoisotopic (exact) mass is 353 g/mol. The highest BCUT2D eigenvalue weighted by molar-refractivity contribution is 7.99. The highest BCUT2D eigenvalue weighted by Crippen LogP contribution is 2.20. The van der Waals surface area contributed by atoms with Crippen LogP contribution in [-0.4, -0.2) is 31.9 Å². The maximum atomic E-state index is 12.2. The smallest absolute Gasteiger partial charge is 0.225 e. The van der Waals surface area contributed by atoms with Crippen LogP contribution in [-0.2, 0) is 4.79 Å². The third kappa shape index (κ3) is 4.24. The van der Waals surface area contributed by atoms with Crippen LogP contribution in [0.1, 0.15) is 17.5 Å². The lowest BCUT2D eigenvalue weighted by Gasteiger charge is -2.10. The van der Waals surface area contributed by atoms with E-state index in [1.54, 1.807) is 4.68 Å². The molecule has 1 aromatic heterocycles. The summed E-state index contributed by atoms with van der Waals surface area (Å²) in [5, 5.41) is 15.4. The number of nitrogens with zero attached hydrogens (tertiary/aromatic N) is 4. The fraction of sp³-hybridized carbons (Fsp3) is 0.222. The molecule has 2 aromatic carbocycles. The van der Waals surface area contributed by atoms with Crippen molar-refractivity contribution in [3.63, 3.8) is 0 Å². The lowest BCUT2D eigenvalue weighted by molar-refractivity contribution is -0.115. The first-order chi connectivity index (χ1) is 12.1. The van der Waals surface area contributed by atoms with Gasteiger partial charge in [-0.15, -0.1) is 5.10 Å². The number of nitrogens with one attached hydrogen (secondary N) is 1. The summed E-state index contributed by atoms with van der Waals surface area (Å²) in [6.45, 7) is 4.04. The molecule has 25 heavy (non-hydrogen) atoms. The van der Waals surface area contributed by atoms with Crippen molar-refractivity contribution < 1.29 is 4.79 Å². The predicted molar refractivity (Wildman–Crippen MR) is 99.0 cm³/mol. The van der Waals surface area contributed by atoms with Crippen LogP contribution in [0.5, 0.6) is 0 Å². The Hall–Kier alpha value is -2.67. The van der Waals surface area contributed by atoms with Gasteiger partial charge in [0.25, 0.3) is 0 Å². The van der Waals surface area contributed by atoms with Gasteiger partial charge in [-0.25, -0.2) is 0 Å². The number of hydrogen-bond acceptors (Lipinski definition) is 5. The predicted octanol–water partition coefficient (Wildman–Crippen LogP) is 3.40. The Morgan fingerprint density at radius 3 is 2.72 bits per heavy atom. The van der Waals surface area contributed by atoms with Gasteiger partial charge >= 0.3 is 0 Å². The molecule has 0 atom stereocenters. The van der Waals surface area contributed by atoms with Crippen molar-refractivity contribution in [2.45, 2.75) is 25.4 Å². The maximum absolute atomic E-state index is 12.2. The second kappa shape index (κ2) is 7.94. The van der Waals surface area contributed by atoms with Crippen molar-refractivity contribution in [2.24, 2.45) is 0 Å². The average Bonchev–Trinajstić information content (AvgIpc) is 3.08. The van der Waals surface area contributed by atoms with Crippen molar-refractivity contribution in [3.8, 4) is 5.69 Å². The van der Waals surface area contributed by atoms with Crippen LogP contribution >= 0.6 is 11.8 Å². The molecule has 1 N–H and O–H groups in total. The van der Waals surface area contributed by atoms with Gasteiger partial charge in [-0.05, 0) is 53.6 Å². The topological polar surface area (TPSA) is 72.7 Å². The van der Waals surface area contributed by atoms with Crippen LogP contribution in [0.15, 0.2) is 53.7 Å². The van der Waals surface area contributed by atoms with Gasteiger partial charge in [0.1, 0.15) is 0 Å². The maximum Gasteiger partial charge on any atom is 0.225 e. The number of anilines is 1. The highest BCUT2D eigenvalue weighted by Gasteiger charge is 2.11. The van der Waals surface area contributed by atoms with E-state index in [1.807, 2.05) is 62.4 Å². The van der Waals surface area contributed by atoms with Gasteiger partial charge in [0, 0.05) is 17.9 Å². The number of tetrazole rings is 1. The number of benzene rings is 2. The molecule has 128 valence electrons. The number of aromatic nitrogens is 4. The first-order valence-corrected chi connectivity index (χ1v) is 8.96. The molecular formula is C18H19N5OS. The number of para-hydroxylation sites is 1. The molecule has 3 aromatic rings. The molecule has 0 aliphatic heterocycles. The van der Waals surface area contributed by atoms with E-state index in [0.29, 0.717) is 17.3 Å². The minimum absolute atomic E-state index is 0.0139. The van der Waals surface area contributed by atoms with Crippen LogP contribution in [0.3, 0.4) is 0 Å². The second-order valence-electron chi connectivity index (χ2n) is 5.60. The molecule has 0 bridgehead atoms. The number of rotatable bonds is 6. The number of hydrogen-bond donors (Lipinski definition) is 1. The third-order valence-corrected chi connectivity index (χ3v) is 4.80.